The Kier molecular flexibility index (Phi) is 6.05. The van der Waals surface area contributed by atoms with Crippen molar-refractivity contribution in [2.45, 2.75) is 31.6 Å². The van der Waals surface area contributed by atoms with E-state index in [1.165, 1.54) is 31.0 Å². The van der Waals surface area contributed by atoms with Crippen molar-refractivity contribution in [2.75, 3.05) is 5.32 Å². The molecule has 0 aliphatic heterocycles. The van der Waals surface area contributed by atoms with Gasteiger partial charge in [-0.2, -0.15) is 0 Å². The monoisotopic (exact) mass is 418 g/mol. The highest BCUT2D eigenvalue weighted by Gasteiger charge is 2.21. The number of nitrogens with one attached hydrogen (secondary N) is 1. The van der Waals surface area contributed by atoms with Gasteiger partial charge in [0.1, 0.15) is 5.01 Å². The summed E-state index contributed by atoms with van der Waals surface area (Å²) in [6.07, 6.45) is 7.77. The van der Waals surface area contributed by atoms with Crippen molar-refractivity contribution in [1.82, 2.24) is 4.98 Å². The Balaban J connectivity index is 1.40. The number of carbonyl (C=O) groups excluding carboxylic acids is 1. The maximum Gasteiger partial charge on any atom is 0.335 e. The zero-order chi connectivity index (χ0) is 20.9. The molecule has 2 aromatic carbocycles. The lowest BCUT2D eigenvalue weighted by molar-refractivity contribution is -0.115. The van der Waals surface area contributed by atoms with E-state index in [1.807, 2.05) is 36.4 Å². The Morgan fingerprint density at radius 3 is 2.73 bits per heavy atom. The summed E-state index contributed by atoms with van der Waals surface area (Å²) in [5.74, 6) is -0.656. The normalized spacial score (nSPS) is 13.9. The van der Waals surface area contributed by atoms with Crippen LogP contribution in [0.25, 0.3) is 12.2 Å². The van der Waals surface area contributed by atoms with E-state index in [-0.39, 0.29) is 17.9 Å². The molecule has 1 heterocycles. The van der Waals surface area contributed by atoms with Crippen molar-refractivity contribution in [2.24, 2.45) is 0 Å². The van der Waals surface area contributed by atoms with E-state index in [4.69, 9.17) is 4.98 Å². The lowest BCUT2D eigenvalue weighted by Crippen LogP contribution is -2.16. The zero-order valence-electron chi connectivity index (χ0n) is 16.4. The largest absolute Gasteiger partial charge is 0.478 e. The van der Waals surface area contributed by atoms with E-state index in [0.29, 0.717) is 17.2 Å². The number of nitrogens with zero attached hydrogens (tertiary/aromatic N) is 1. The van der Waals surface area contributed by atoms with Crippen LogP contribution in [0.1, 0.15) is 57.4 Å². The first-order valence-electron chi connectivity index (χ1n) is 9.93. The fourth-order valence-corrected chi connectivity index (χ4v) is 4.21. The summed E-state index contributed by atoms with van der Waals surface area (Å²) in [7, 11) is 0. The molecule has 0 saturated heterocycles. The molecule has 2 N–H and O–H groups in total. The third-order valence-electron chi connectivity index (χ3n) is 5.25. The lowest BCUT2D eigenvalue weighted by atomic mass is 9.83. The summed E-state index contributed by atoms with van der Waals surface area (Å²) in [6, 6.07) is 14.1. The second-order valence-electron chi connectivity index (χ2n) is 7.38. The number of anilines is 1. The van der Waals surface area contributed by atoms with Crippen molar-refractivity contribution in [1.29, 1.82) is 0 Å². The Morgan fingerprint density at radius 1 is 1.13 bits per heavy atom. The minimum Gasteiger partial charge on any atom is -0.478 e. The molecule has 30 heavy (non-hydrogen) atoms. The van der Waals surface area contributed by atoms with Crippen LogP contribution in [0.2, 0.25) is 0 Å². The number of hydrogen-bond donors (Lipinski definition) is 2. The number of aromatic carboxylic acids is 1. The van der Waals surface area contributed by atoms with Gasteiger partial charge in [0.2, 0.25) is 5.91 Å². The second-order valence-corrected chi connectivity index (χ2v) is 8.27. The summed E-state index contributed by atoms with van der Waals surface area (Å²) >= 11 is 1.65. The van der Waals surface area contributed by atoms with Crippen LogP contribution in [0.3, 0.4) is 0 Å². The highest BCUT2D eigenvalue weighted by atomic mass is 32.1. The van der Waals surface area contributed by atoms with Crippen LogP contribution < -0.4 is 5.32 Å². The molecule has 5 nitrogen and oxygen atoms in total. The predicted molar refractivity (Wildman–Crippen MR) is 120 cm³/mol. The summed E-state index contributed by atoms with van der Waals surface area (Å²) in [4.78, 5) is 28.4. The van der Waals surface area contributed by atoms with Gasteiger partial charge in [0.15, 0.2) is 0 Å². The van der Waals surface area contributed by atoms with Crippen LogP contribution in [0.4, 0.5) is 5.69 Å². The minimum atomic E-state index is -1.03. The van der Waals surface area contributed by atoms with Crippen LogP contribution in [-0.4, -0.2) is 22.0 Å². The van der Waals surface area contributed by atoms with Gasteiger partial charge in [-0.05, 0) is 48.2 Å². The SMILES string of the molecule is O=C(Cc1ccccc1C(=O)O)Nc1cccc(/C=C/c2nc(C3CCC3)cs2)c1. The van der Waals surface area contributed by atoms with E-state index in [1.54, 1.807) is 29.5 Å². The Labute approximate surface area is 179 Å². The van der Waals surface area contributed by atoms with Crippen molar-refractivity contribution in [3.63, 3.8) is 0 Å². The first kappa shape index (κ1) is 20.0. The van der Waals surface area contributed by atoms with E-state index in [9.17, 15) is 14.7 Å². The van der Waals surface area contributed by atoms with Gasteiger partial charge in [-0.1, -0.05) is 42.8 Å². The van der Waals surface area contributed by atoms with E-state index in [2.05, 4.69) is 10.7 Å². The summed E-state index contributed by atoms with van der Waals surface area (Å²) in [5.41, 5.74) is 3.47. The number of benzene rings is 2. The van der Waals surface area contributed by atoms with Gasteiger partial charge in [0.05, 0.1) is 17.7 Å². The van der Waals surface area contributed by atoms with Crippen molar-refractivity contribution in [3.05, 3.63) is 81.3 Å². The molecule has 0 atom stereocenters. The molecular weight excluding hydrogens is 396 g/mol. The van der Waals surface area contributed by atoms with E-state index in [0.717, 1.165) is 10.6 Å². The first-order valence-corrected chi connectivity index (χ1v) is 10.8. The summed E-state index contributed by atoms with van der Waals surface area (Å²) < 4.78 is 0. The topological polar surface area (TPSA) is 79.3 Å². The van der Waals surface area contributed by atoms with Crippen LogP contribution in [-0.2, 0) is 11.2 Å². The van der Waals surface area contributed by atoms with E-state index >= 15 is 0 Å². The fraction of sp³-hybridized carbons (Fsp3) is 0.208. The van der Waals surface area contributed by atoms with Gasteiger partial charge in [-0.3, -0.25) is 4.79 Å². The number of rotatable bonds is 7. The fourth-order valence-electron chi connectivity index (χ4n) is 3.42. The molecule has 1 aliphatic carbocycles. The molecule has 1 amide bonds. The molecule has 6 heteroatoms. The van der Waals surface area contributed by atoms with Crippen LogP contribution in [0.5, 0.6) is 0 Å². The zero-order valence-corrected chi connectivity index (χ0v) is 17.2. The molecule has 4 rings (SSSR count). The van der Waals surface area contributed by atoms with Gasteiger partial charge in [-0.15, -0.1) is 11.3 Å². The number of aromatic nitrogens is 1. The number of carboxylic acid groups (broad SMARTS) is 1. The van der Waals surface area contributed by atoms with Crippen molar-refractivity contribution < 1.29 is 14.7 Å². The standard InChI is InChI=1S/C24H22N2O3S/c27-22(14-18-6-1-2-10-20(18)24(28)29)25-19-9-3-5-16(13-19)11-12-23-26-21(15-30-23)17-7-4-8-17/h1-3,5-6,9-13,15,17H,4,7-8,14H2,(H,25,27)(H,28,29)/b12-11+. The van der Waals surface area contributed by atoms with Crippen molar-refractivity contribution in [3.8, 4) is 0 Å². The van der Waals surface area contributed by atoms with Gasteiger partial charge in [-0.25, -0.2) is 9.78 Å². The molecule has 1 aliphatic rings. The number of hydrogen-bond acceptors (Lipinski definition) is 4. The molecular formula is C24H22N2O3S. The Morgan fingerprint density at radius 2 is 1.97 bits per heavy atom. The molecule has 1 aromatic heterocycles. The molecule has 1 saturated carbocycles. The van der Waals surface area contributed by atoms with Crippen LogP contribution in [0, 0.1) is 0 Å². The maximum absolute atomic E-state index is 12.4. The van der Waals surface area contributed by atoms with Crippen molar-refractivity contribution >= 4 is 41.1 Å². The average molecular weight is 419 g/mol. The molecule has 0 spiro atoms. The van der Waals surface area contributed by atoms with Crippen LogP contribution in [0.15, 0.2) is 53.9 Å². The van der Waals surface area contributed by atoms with Gasteiger partial charge < -0.3 is 10.4 Å². The lowest BCUT2D eigenvalue weighted by Gasteiger charge is -2.22. The van der Waals surface area contributed by atoms with Gasteiger partial charge in [0.25, 0.3) is 0 Å². The minimum absolute atomic E-state index is 0.00555. The Bertz CT molecular complexity index is 1100. The maximum atomic E-state index is 12.4. The molecule has 0 unspecified atom stereocenters. The quantitative estimate of drug-likeness (QED) is 0.534. The number of carbonyl (C=O) groups is 2. The molecule has 0 radical (unpaired) electrons. The van der Waals surface area contributed by atoms with Gasteiger partial charge >= 0.3 is 5.97 Å². The second kappa shape index (κ2) is 9.05. The average Bonchev–Trinajstić information content (AvgIpc) is 3.14. The smallest absolute Gasteiger partial charge is 0.335 e. The highest BCUT2D eigenvalue weighted by molar-refractivity contribution is 7.10. The number of carboxylic acids is 1. The summed E-state index contributed by atoms with van der Waals surface area (Å²) in [6.45, 7) is 0. The predicted octanol–water partition coefficient (Wildman–Crippen LogP) is 5.46. The first-order chi connectivity index (χ1) is 14.6. The third-order valence-corrected chi connectivity index (χ3v) is 6.08. The molecule has 0 bridgehead atoms. The third kappa shape index (κ3) is 4.83. The molecule has 1 fully saturated rings. The van der Waals surface area contributed by atoms with E-state index < -0.39 is 5.97 Å². The Hall–Kier alpha value is -3.25. The molecule has 152 valence electrons. The highest BCUT2D eigenvalue weighted by Crippen LogP contribution is 2.36. The molecule has 3 aromatic rings. The van der Waals surface area contributed by atoms with Gasteiger partial charge in [0, 0.05) is 17.0 Å². The number of amides is 1. The number of thiazole rings is 1. The summed E-state index contributed by atoms with van der Waals surface area (Å²) in [5, 5.41) is 15.2. The van der Waals surface area contributed by atoms with Crippen LogP contribution >= 0.6 is 11.3 Å².